The topological polar surface area (TPSA) is 75.7 Å². The van der Waals surface area contributed by atoms with Gasteiger partial charge in [-0.25, -0.2) is 8.42 Å². The van der Waals surface area contributed by atoms with Gasteiger partial charge >= 0.3 is 6.18 Å². The van der Waals surface area contributed by atoms with Crippen LogP contribution in [0.2, 0.25) is 0 Å². The summed E-state index contributed by atoms with van der Waals surface area (Å²) >= 11 is 0. The van der Waals surface area contributed by atoms with E-state index in [2.05, 4.69) is 5.32 Å². The van der Waals surface area contributed by atoms with Crippen LogP contribution in [0.3, 0.4) is 0 Å². The van der Waals surface area contributed by atoms with Gasteiger partial charge in [0.15, 0.2) is 6.10 Å². The number of fused-ring (bicyclic) bond motifs is 1. The molecule has 0 saturated carbocycles. The number of carbonyl (C=O) groups excluding carboxylic acids is 1. The number of nitrogens with one attached hydrogen (secondary N) is 1. The Bertz CT molecular complexity index is 992. The third-order valence-electron chi connectivity index (χ3n) is 4.15. The Morgan fingerprint density at radius 3 is 2.57 bits per heavy atom. The number of nitrogens with zero attached hydrogens (tertiary/aromatic N) is 1. The molecule has 1 aliphatic heterocycles. The summed E-state index contributed by atoms with van der Waals surface area (Å²) in [6.07, 6.45) is -4.52. The van der Waals surface area contributed by atoms with Gasteiger partial charge in [0.05, 0.1) is 17.5 Å². The maximum Gasteiger partial charge on any atom is 0.416 e. The van der Waals surface area contributed by atoms with Crippen LogP contribution in [0.1, 0.15) is 12.0 Å². The van der Waals surface area contributed by atoms with E-state index in [4.69, 9.17) is 4.74 Å². The minimum Gasteiger partial charge on any atom is -0.478 e. The summed E-state index contributed by atoms with van der Waals surface area (Å²) in [5.74, 6) is -0.459. The Morgan fingerprint density at radius 1 is 1.18 bits per heavy atom. The molecule has 1 aliphatic rings. The Kier molecular flexibility index (Phi) is 5.24. The van der Waals surface area contributed by atoms with Crippen molar-refractivity contribution in [3.63, 3.8) is 0 Å². The highest BCUT2D eigenvalue weighted by atomic mass is 32.2. The Hall–Kier alpha value is -2.75. The molecule has 0 spiro atoms. The number of para-hydroxylation sites is 2. The number of anilines is 2. The van der Waals surface area contributed by atoms with Gasteiger partial charge in [-0.1, -0.05) is 18.2 Å². The molecule has 0 bridgehead atoms. The maximum absolute atomic E-state index is 12.8. The summed E-state index contributed by atoms with van der Waals surface area (Å²) in [6, 6.07) is 10.6. The molecule has 1 heterocycles. The molecule has 28 heavy (non-hydrogen) atoms. The van der Waals surface area contributed by atoms with Crippen LogP contribution in [0.15, 0.2) is 48.5 Å². The van der Waals surface area contributed by atoms with Gasteiger partial charge in [0.2, 0.25) is 10.0 Å². The Balaban J connectivity index is 1.83. The fourth-order valence-electron chi connectivity index (χ4n) is 2.86. The van der Waals surface area contributed by atoms with E-state index in [1.807, 2.05) is 0 Å². The quantitative estimate of drug-likeness (QED) is 0.837. The first-order valence-corrected chi connectivity index (χ1v) is 10.1. The van der Waals surface area contributed by atoms with Crippen LogP contribution < -0.4 is 14.4 Å². The number of hydrogen-bond acceptors (Lipinski definition) is 4. The lowest BCUT2D eigenvalue weighted by atomic mass is 10.2. The molecule has 0 fully saturated rings. The standard InChI is InChI=1S/C18H17F3N2O4S/c1-28(25,26)23-10-9-16(27-15-8-3-2-7-14(15)23)17(24)22-13-6-4-5-12(11-13)18(19,20)21/h2-8,11,16H,9-10H2,1H3,(H,22,24). The molecule has 10 heteroatoms. The predicted octanol–water partition coefficient (Wildman–Crippen LogP) is 3.26. The first kappa shape index (κ1) is 20.0. The number of carbonyl (C=O) groups is 1. The van der Waals surface area contributed by atoms with Crippen molar-refractivity contribution in [1.82, 2.24) is 0 Å². The number of rotatable bonds is 3. The largest absolute Gasteiger partial charge is 0.478 e. The molecule has 3 rings (SSSR count). The number of halogens is 3. The summed E-state index contributed by atoms with van der Waals surface area (Å²) in [6.45, 7) is -0.00345. The second-order valence-corrected chi connectivity index (χ2v) is 8.17. The molecule has 150 valence electrons. The molecule has 0 aliphatic carbocycles. The fraction of sp³-hybridized carbons (Fsp3) is 0.278. The summed E-state index contributed by atoms with van der Waals surface area (Å²) in [5.41, 5.74) is -0.610. The highest BCUT2D eigenvalue weighted by Gasteiger charge is 2.32. The molecule has 1 amide bonds. The highest BCUT2D eigenvalue weighted by molar-refractivity contribution is 7.92. The highest BCUT2D eigenvalue weighted by Crippen LogP contribution is 2.34. The van der Waals surface area contributed by atoms with Crippen LogP contribution in [-0.4, -0.2) is 33.2 Å². The summed E-state index contributed by atoms with van der Waals surface area (Å²) in [4.78, 5) is 12.6. The molecule has 2 aromatic rings. The minimum atomic E-state index is -4.53. The summed E-state index contributed by atoms with van der Waals surface area (Å²) < 4.78 is 69.4. The van der Waals surface area contributed by atoms with Crippen molar-refractivity contribution in [2.45, 2.75) is 18.7 Å². The van der Waals surface area contributed by atoms with Crippen molar-refractivity contribution >= 4 is 27.3 Å². The average Bonchev–Trinajstić information content (AvgIpc) is 2.80. The number of sulfonamides is 1. The van der Waals surface area contributed by atoms with E-state index in [-0.39, 0.29) is 24.4 Å². The van der Waals surface area contributed by atoms with Gasteiger partial charge in [0.1, 0.15) is 5.75 Å². The lowest BCUT2D eigenvalue weighted by molar-refractivity contribution is -0.137. The van der Waals surface area contributed by atoms with Crippen LogP contribution in [-0.2, 0) is 21.0 Å². The smallest absolute Gasteiger partial charge is 0.416 e. The average molecular weight is 414 g/mol. The van der Waals surface area contributed by atoms with Crippen LogP contribution >= 0.6 is 0 Å². The van der Waals surface area contributed by atoms with Crippen molar-refractivity contribution in [1.29, 1.82) is 0 Å². The van der Waals surface area contributed by atoms with Crippen LogP contribution in [0.25, 0.3) is 0 Å². The number of amides is 1. The molecule has 1 atom stereocenters. The zero-order valence-electron chi connectivity index (χ0n) is 14.7. The van der Waals surface area contributed by atoms with E-state index in [9.17, 15) is 26.4 Å². The van der Waals surface area contributed by atoms with Gasteiger partial charge in [0, 0.05) is 18.7 Å². The van der Waals surface area contributed by atoms with Gasteiger partial charge in [-0.05, 0) is 30.3 Å². The molecule has 1 unspecified atom stereocenters. The minimum absolute atomic E-state index is 0.00345. The SMILES string of the molecule is CS(=O)(=O)N1CCC(C(=O)Nc2cccc(C(F)(F)F)c2)Oc2ccccc21. The number of hydrogen-bond donors (Lipinski definition) is 1. The summed E-state index contributed by atoms with van der Waals surface area (Å²) in [5, 5.41) is 2.40. The predicted molar refractivity (Wildman–Crippen MR) is 97.7 cm³/mol. The number of benzene rings is 2. The van der Waals surface area contributed by atoms with Crippen molar-refractivity contribution in [3.8, 4) is 5.75 Å². The van der Waals surface area contributed by atoms with Crippen LogP contribution in [0.4, 0.5) is 24.5 Å². The third kappa shape index (κ3) is 4.38. The van der Waals surface area contributed by atoms with E-state index in [0.717, 1.165) is 22.7 Å². The van der Waals surface area contributed by atoms with E-state index in [1.165, 1.54) is 18.2 Å². The van der Waals surface area contributed by atoms with Crippen molar-refractivity contribution in [2.24, 2.45) is 0 Å². The lowest BCUT2D eigenvalue weighted by Crippen LogP contribution is -2.36. The second kappa shape index (κ2) is 7.34. The Labute approximate surface area is 160 Å². The fourth-order valence-corrected chi connectivity index (χ4v) is 3.80. The van der Waals surface area contributed by atoms with Crippen molar-refractivity contribution in [3.05, 3.63) is 54.1 Å². The molecule has 0 aromatic heterocycles. The monoisotopic (exact) mass is 414 g/mol. The number of alkyl halides is 3. The molecule has 0 radical (unpaired) electrons. The molecular formula is C18H17F3N2O4S. The van der Waals surface area contributed by atoms with Crippen molar-refractivity contribution in [2.75, 3.05) is 22.4 Å². The van der Waals surface area contributed by atoms with Crippen molar-refractivity contribution < 1.29 is 31.1 Å². The molecule has 6 nitrogen and oxygen atoms in total. The Morgan fingerprint density at radius 2 is 1.89 bits per heavy atom. The lowest BCUT2D eigenvalue weighted by Gasteiger charge is -2.20. The van der Waals surface area contributed by atoms with Crippen LogP contribution in [0.5, 0.6) is 5.75 Å². The second-order valence-electron chi connectivity index (χ2n) is 6.27. The van der Waals surface area contributed by atoms with Gasteiger partial charge in [-0.2, -0.15) is 13.2 Å². The first-order chi connectivity index (χ1) is 13.1. The summed E-state index contributed by atoms with van der Waals surface area (Å²) in [7, 11) is -3.60. The van der Waals surface area contributed by atoms with E-state index in [1.54, 1.807) is 18.2 Å². The van der Waals surface area contributed by atoms with E-state index < -0.39 is 33.8 Å². The molecule has 1 N–H and O–H groups in total. The van der Waals surface area contributed by atoms with Crippen LogP contribution in [0, 0.1) is 0 Å². The normalized spacial score (nSPS) is 17.3. The number of ether oxygens (including phenoxy) is 1. The van der Waals surface area contributed by atoms with Gasteiger partial charge < -0.3 is 10.1 Å². The molecule has 0 saturated heterocycles. The zero-order valence-corrected chi connectivity index (χ0v) is 15.5. The van der Waals surface area contributed by atoms with Gasteiger partial charge in [-0.15, -0.1) is 0 Å². The zero-order chi connectivity index (χ0) is 20.5. The molecule has 2 aromatic carbocycles. The van der Waals surface area contributed by atoms with E-state index in [0.29, 0.717) is 5.69 Å². The van der Waals surface area contributed by atoms with Gasteiger partial charge in [0.25, 0.3) is 5.91 Å². The maximum atomic E-state index is 12.8. The van der Waals surface area contributed by atoms with E-state index >= 15 is 0 Å². The third-order valence-corrected chi connectivity index (χ3v) is 5.33. The first-order valence-electron chi connectivity index (χ1n) is 8.27. The van der Waals surface area contributed by atoms with Gasteiger partial charge in [-0.3, -0.25) is 9.10 Å². The molecular weight excluding hydrogens is 397 g/mol.